The van der Waals surface area contributed by atoms with Crippen molar-refractivity contribution in [3.05, 3.63) is 23.8 Å². The molecule has 13 heavy (non-hydrogen) atoms. The largest absolute Gasteiger partial charge is 0.478 e. The predicted molar refractivity (Wildman–Crippen MR) is 45.4 cm³/mol. The maximum Gasteiger partial charge on any atom is 0.335 e. The van der Waals surface area contributed by atoms with Gasteiger partial charge in [0.2, 0.25) is 0 Å². The number of nitrogens with zero attached hydrogens (tertiary/aromatic N) is 1. The lowest BCUT2D eigenvalue weighted by Crippen LogP contribution is -1.95. The lowest BCUT2D eigenvalue weighted by molar-refractivity contribution is 0.0697. The third-order valence-corrected chi connectivity index (χ3v) is 1.74. The van der Waals surface area contributed by atoms with Gasteiger partial charge < -0.3 is 15.4 Å². The number of carboxylic acids is 1. The number of hydrogen-bond acceptors (Lipinski definition) is 4. The van der Waals surface area contributed by atoms with E-state index in [1.54, 1.807) is 0 Å². The minimum absolute atomic E-state index is 0.169. The van der Waals surface area contributed by atoms with E-state index < -0.39 is 5.97 Å². The van der Waals surface area contributed by atoms with E-state index in [1.807, 2.05) is 0 Å². The fourth-order valence-corrected chi connectivity index (χ4v) is 1.09. The average Bonchev–Trinajstić information content (AvgIpc) is 2.47. The molecule has 0 aliphatic heterocycles. The third-order valence-electron chi connectivity index (χ3n) is 1.74. The standard InChI is InChI=1S/C8H6N2O3/c9-7-5-3-4(8(11)12)1-2-6(5)13-10-7/h1-3H,(H2,9,10)(H,11,12). The molecule has 0 saturated heterocycles. The molecule has 1 aromatic heterocycles. The summed E-state index contributed by atoms with van der Waals surface area (Å²) in [7, 11) is 0. The number of carboxylic acid groups (broad SMARTS) is 1. The zero-order chi connectivity index (χ0) is 9.42. The average molecular weight is 178 g/mol. The van der Waals surface area contributed by atoms with Gasteiger partial charge in [-0.2, -0.15) is 0 Å². The third kappa shape index (κ3) is 1.10. The Morgan fingerprint density at radius 3 is 3.00 bits per heavy atom. The summed E-state index contributed by atoms with van der Waals surface area (Å²) in [4.78, 5) is 10.6. The van der Waals surface area contributed by atoms with Gasteiger partial charge in [0, 0.05) is 0 Å². The molecule has 0 atom stereocenters. The van der Waals surface area contributed by atoms with Crippen molar-refractivity contribution in [2.24, 2.45) is 0 Å². The van der Waals surface area contributed by atoms with Crippen molar-refractivity contribution in [3.63, 3.8) is 0 Å². The van der Waals surface area contributed by atoms with Crippen LogP contribution in [0.5, 0.6) is 0 Å². The highest BCUT2D eigenvalue weighted by Gasteiger charge is 2.08. The first-order valence-corrected chi connectivity index (χ1v) is 3.56. The molecule has 5 heteroatoms. The maximum absolute atomic E-state index is 10.6. The number of aromatic nitrogens is 1. The highest BCUT2D eigenvalue weighted by atomic mass is 16.5. The molecule has 5 nitrogen and oxygen atoms in total. The Bertz CT molecular complexity index is 475. The second-order valence-corrected chi connectivity index (χ2v) is 2.58. The summed E-state index contributed by atoms with van der Waals surface area (Å²) in [6.07, 6.45) is 0. The van der Waals surface area contributed by atoms with Crippen LogP contribution in [-0.4, -0.2) is 16.2 Å². The van der Waals surface area contributed by atoms with Crippen LogP contribution in [0.1, 0.15) is 10.4 Å². The molecule has 0 fully saturated rings. The van der Waals surface area contributed by atoms with Gasteiger partial charge in [-0.15, -0.1) is 0 Å². The van der Waals surface area contributed by atoms with Gasteiger partial charge in [-0.1, -0.05) is 5.16 Å². The zero-order valence-electron chi connectivity index (χ0n) is 6.52. The molecule has 0 saturated carbocycles. The fourth-order valence-electron chi connectivity index (χ4n) is 1.09. The summed E-state index contributed by atoms with van der Waals surface area (Å²) in [6, 6.07) is 4.40. The lowest BCUT2D eigenvalue weighted by atomic mass is 10.1. The highest BCUT2D eigenvalue weighted by Crippen LogP contribution is 2.21. The normalized spacial score (nSPS) is 10.5. The molecule has 0 aliphatic rings. The molecule has 3 N–H and O–H groups in total. The minimum atomic E-state index is -0.998. The summed E-state index contributed by atoms with van der Waals surface area (Å²) in [5.41, 5.74) is 6.10. The van der Waals surface area contributed by atoms with E-state index in [0.29, 0.717) is 11.0 Å². The van der Waals surface area contributed by atoms with E-state index in [4.69, 9.17) is 15.4 Å². The summed E-state index contributed by atoms with van der Waals surface area (Å²) in [5.74, 6) is -0.791. The Kier molecular flexibility index (Phi) is 1.45. The molecule has 0 bridgehead atoms. The minimum Gasteiger partial charge on any atom is -0.478 e. The molecular weight excluding hydrogens is 172 g/mol. The molecule has 2 rings (SSSR count). The van der Waals surface area contributed by atoms with Gasteiger partial charge in [0.05, 0.1) is 10.9 Å². The van der Waals surface area contributed by atoms with Gasteiger partial charge in [-0.05, 0) is 18.2 Å². The van der Waals surface area contributed by atoms with Crippen LogP contribution in [0.15, 0.2) is 22.7 Å². The molecule has 1 heterocycles. The molecule has 66 valence electrons. The smallest absolute Gasteiger partial charge is 0.335 e. The number of fused-ring (bicyclic) bond motifs is 1. The first-order valence-electron chi connectivity index (χ1n) is 3.56. The van der Waals surface area contributed by atoms with Crippen molar-refractivity contribution >= 4 is 22.8 Å². The van der Waals surface area contributed by atoms with Crippen molar-refractivity contribution in [1.82, 2.24) is 5.16 Å². The van der Waals surface area contributed by atoms with Gasteiger partial charge in [0.25, 0.3) is 0 Å². The van der Waals surface area contributed by atoms with E-state index in [0.717, 1.165) is 0 Å². The molecule has 0 unspecified atom stereocenters. The summed E-state index contributed by atoms with van der Waals surface area (Å²) in [5, 5.41) is 12.7. The van der Waals surface area contributed by atoms with E-state index in [-0.39, 0.29) is 11.4 Å². The molecule has 0 aliphatic carbocycles. The van der Waals surface area contributed by atoms with Crippen molar-refractivity contribution in [2.75, 3.05) is 5.73 Å². The molecule has 0 spiro atoms. The topological polar surface area (TPSA) is 89.4 Å². The van der Waals surface area contributed by atoms with Crippen LogP contribution in [0.25, 0.3) is 11.0 Å². The first kappa shape index (κ1) is 7.60. The van der Waals surface area contributed by atoms with E-state index >= 15 is 0 Å². The summed E-state index contributed by atoms with van der Waals surface area (Å²) < 4.78 is 4.82. The van der Waals surface area contributed by atoms with Crippen LogP contribution < -0.4 is 5.73 Å². The van der Waals surface area contributed by atoms with Crippen molar-refractivity contribution < 1.29 is 14.4 Å². The van der Waals surface area contributed by atoms with Crippen LogP contribution in [-0.2, 0) is 0 Å². The van der Waals surface area contributed by atoms with Crippen molar-refractivity contribution in [2.45, 2.75) is 0 Å². The number of rotatable bonds is 1. The number of anilines is 1. The van der Waals surface area contributed by atoms with Gasteiger partial charge in [-0.3, -0.25) is 0 Å². The number of benzene rings is 1. The number of carbonyl (C=O) groups is 1. The SMILES string of the molecule is Nc1noc2ccc(C(=O)O)cc12. The zero-order valence-corrected chi connectivity index (χ0v) is 6.52. The van der Waals surface area contributed by atoms with Gasteiger partial charge in [0.15, 0.2) is 11.4 Å². The van der Waals surface area contributed by atoms with Gasteiger partial charge in [0.1, 0.15) is 0 Å². The summed E-state index contributed by atoms with van der Waals surface area (Å²) in [6.45, 7) is 0. The van der Waals surface area contributed by atoms with Crippen LogP contribution >= 0.6 is 0 Å². The van der Waals surface area contributed by atoms with Crippen molar-refractivity contribution in [1.29, 1.82) is 0 Å². The number of nitrogens with two attached hydrogens (primary N) is 1. The summed E-state index contributed by atoms with van der Waals surface area (Å²) >= 11 is 0. The van der Waals surface area contributed by atoms with E-state index in [1.165, 1.54) is 18.2 Å². The van der Waals surface area contributed by atoms with Gasteiger partial charge >= 0.3 is 5.97 Å². The molecular formula is C8H6N2O3. The van der Waals surface area contributed by atoms with Gasteiger partial charge in [-0.25, -0.2) is 4.79 Å². The monoisotopic (exact) mass is 178 g/mol. The fraction of sp³-hybridized carbons (Fsp3) is 0. The van der Waals surface area contributed by atoms with E-state index in [9.17, 15) is 4.79 Å². The Hall–Kier alpha value is -2.04. The number of nitrogen functional groups attached to an aromatic ring is 1. The molecule has 0 amide bonds. The van der Waals surface area contributed by atoms with Crippen LogP contribution in [0.3, 0.4) is 0 Å². The second-order valence-electron chi connectivity index (χ2n) is 2.58. The first-order chi connectivity index (χ1) is 6.18. The quantitative estimate of drug-likeness (QED) is 0.682. The highest BCUT2D eigenvalue weighted by molar-refractivity contribution is 5.96. The maximum atomic E-state index is 10.6. The number of aromatic carboxylic acids is 1. The van der Waals surface area contributed by atoms with E-state index in [2.05, 4.69) is 5.16 Å². The second kappa shape index (κ2) is 2.48. The number of hydrogen-bond donors (Lipinski definition) is 2. The predicted octanol–water partition coefficient (Wildman–Crippen LogP) is 1.11. The van der Waals surface area contributed by atoms with Crippen molar-refractivity contribution in [3.8, 4) is 0 Å². The van der Waals surface area contributed by atoms with Crippen LogP contribution in [0, 0.1) is 0 Å². The molecule has 2 aromatic rings. The Morgan fingerprint density at radius 2 is 2.31 bits per heavy atom. The molecule has 0 radical (unpaired) electrons. The molecule has 1 aromatic carbocycles. The van der Waals surface area contributed by atoms with Crippen LogP contribution in [0.4, 0.5) is 5.82 Å². The Labute approximate surface area is 72.7 Å². The van der Waals surface area contributed by atoms with Crippen LogP contribution in [0.2, 0.25) is 0 Å². The lowest BCUT2D eigenvalue weighted by Gasteiger charge is -1.92. The Morgan fingerprint density at radius 1 is 1.54 bits per heavy atom. The Balaban J connectivity index is 2.72.